The molecule has 0 aromatic heterocycles. The van der Waals surface area contributed by atoms with E-state index in [1.165, 1.54) is 36.4 Å². The number of ether oxygens (including phenoxy) is 1. The van der Waals surface area contributed by atoms with Crippen LogP contribution in [0.1, 0.15) is 15.9 Å². The summed E-state index contributed by atoms with van der Waals surface area (Å²) in [5.41, 5.74) is 1.29. The summed E-state index contributed by atoms with van der Waals surface area (Å²) in [6, 6.07) is 20.9. The van der Waals surface area contributed by atoms with Crippen molar-refractivity contribution in [2.75, 3.05) is 11.3 Å². The Bertz CT molecular complexity index is 1050. The summed E-state index contributed by atoms with van der Waals surface area (Å²) in [6.07, 6.45) is 0.563. The van der Waals surface area contributed by atoms with Gasteiger partial charge in [0, 0.05) is 6.42 Å². The molecule has 3 aromatic rings. The standard InChI is InChI=1S/C21H19NO5S/c23-17-10-12-18(13-11-17)28(25,26)22-20-9-5-4-8-19(20)21(24)27-15-14-16-6-2-1-3-7-16/h1-13,22-23H,14-15H2. The van der Waals surface area contributed by atoms with E-state index in [-0.39, 0.29) is 28.5 Å². The monoisotopic (exact) mass is 397 g/mol. The summed E-state index contributed by atoms with van der Waals surface area (Å²) in [4.78, 5) is 12.4. The maximum Gasteiger partial charge on any atom is 0.340 e. The van der Waals surface area contributed by atoms with Crippen molar-refractivity contribution < 1.29 is 23.1 Å². The van der Waals surface area contributed by atoms with Crippen LogP contribution in [-0.4, -0.2) is 26.1 Å². The summed E-state index contributed by atoms with van der Waals surface area (Å²) in [7, 11) is -3.92. The second-order valence-electron chi connectivity index (χ2n) is 6.02. The lowest BCUT2D eigenvalue weighted by Gasteiger charge is -2.12. The number of carbonyl (C=O) groups is 1. The molecular weight excluding hydrogens is 378 g/mol. The molecule has 0 aliphatic carbocycles. The number of hydrogen-bond acceptors (Lipinski definition) is 5. The number of sulfonamides is 1. The van der Waals surface area contributed by atoms with Gasteiger partial charge in [-0.05, 0) is 42.0 Å². The molecular formula is C21H19NO5S. The Morgan fingerprint density at radius 2 is 1.54 bits per heavy atom. The van der Waals surface area contributed by atoms with Crippen LogP contribution in [0.4, 0.5) is 5.69 Å². The Hall–Kier alpha value is -3.32. The molecule has 0 amide bonds. The van der Waals surface area contributed by atoms with Gasteiger partial charge in [-0.1, -0.05) is 42.5 Å². The summed E-state index contributed by atoms with van der Waals surface area (Å²) < 4.78 is 32.8. The molecule has 0 saturated carbocycles. The van der Waals surface area contributed by atoms with Crippen molar-refractivity contribution in [3.8, 4) is 5.75 Å². The molecule has 0 radical (unpaired) electrons. The number of esters is 1. The number of aromatic hydroxyl groups is 1. The summed E-state index contributed by atoms with van der Waals surface area (Å²) in [6.45, 7) is 0.182. The topological polar surface area (TPSA) is 92.7 Å². The van der Waals surface area contributed by atoms with Gasteiger partial charge in [0.25, 0.3) is 10.0 Å². The first-order valence-electron chi connectivity index (χ1n) is 8.58. The Labute approximate surface area is 163 Å². The largest absolute Gasteiger partial charge is 0.508 e. The second kappa shape index (κ2) is 8.58. The first-order chi connectivity index (χ1) is 13.5. The molecule has 0 aliphatic rings. The SMILES string of the molecule is O=C(OCCc1ccccc1)c1ccccc1NS(=O)(=O)c1ccc(O)cc1. The molecule has 0 heterocycles. The molecule has 0 aliphatic heterocycles. The van der Waals surface area contributed by atoms with Crippen LogP contribution in [0.2, 0.25) is 0 Å². The van der Waals surface area contributed by atoms with E-state index < -0.39 is 16.0 Å². The van der Waals surface area contributed by atoms with Crippen LogP contribution in [-0.2, 0) is 21.2 Å². The lowest BCUT2D eigenvalue weighted by Crippen LogP contribution is -2.17. The molecule has 0 saturated heterocycles. The van der Waals surface area contributed by atoms with Gasteiger partial charge in [0.1, 0.15) is 5.75 Å². The smallest absolute Gasteiger partial charge is 0.340 e. The van der Waals surface area contributed by atoms with E-state index in [0.29, 0.717) is 6.42 Å². The zero-order valence-corrected chi connectivity index (χ0v) is 15.7. The normalized spacial score (nSPS) is 11.0. The predicted molar refractivity (Wildman–Crippen MR) is 106 cm³/mol. The molecule has 3 rings (SSSR count). The van der Waals surface area contributed by atoms with Gasteiger partial charge in [0.15, 0.2) is 0 Å². The van der Waals surface area contributed by atoms with Gasteiger partial charge in [-0.25, -0.2) is 13.2 Å². The fraction of sp³-hybridized carbons (Fsp3) is 0.0952. The van der Waals surface area contributed by atoms with Crippen molar-refractivity contribution in [1.29, 1.82) is 0 Å². The van der Waals surface area contributed by atoms with Gasteiger partial charge in [-0.3, -0.25) is 4.72 Å². The molecule has 144 valence electrons. The lowest BCUT2D eigenvalue weighted by molar-refractivity contribution is 0.0510. The van der Waals surface area contributed by atoms with Crippen LogP contribution in [0, 0.1) is 0 Å². The van der Waals surface area contributed by atoms with Gasteiger partial charge in [0.2, 0.25) is 0 Å². The van der Waals surface area contributed by atoms with E-state index in [1.807, 2.05) is 30.3 Å². The van der Waals surface area contributed by atoms with Gasteiger partial charge in [0.05, 0.1) is 22.8 Å². The first-order valence-corrected chi connectivity index (χ1v) is 10.1. The minimum atomic E-state index is -3.92. The van der Waals surface area contributed by atoms with Crippen LogP contribution in [0.25, 0.3) is 0 Å². The van der Waals surface area contributed by atoms with Crippen molar-refractivity contribution in [3.05, 3.63) is 90.0 Å². The average Bonchev–Trinajstić information content (AvgIpc) is 2.69. The number of hydrogen-bond donors (Lipinski definition) is 2. The molecule has 0 fully saturated rings. The zero-order valence-electron chi connectivity index (χ0n) is 14.9. The Morgan fingerprint density at radius 3 is 2.25 bits per heavy atom. The Morgan fingerprint density at radius 1 is 0.893 bits per heavy atom. The Balaban J connectivity index is 1.71. The molecule has 0 atom stereocenters. The highest BCUT2D eigenvalue weighted by Gasteiger charge is 2.19. The average molecular weight is 397 g/mol. The van der Waals surface area contributed by atoms with Crippen molar-refractivity contribution >= 4 is 21.7 Å². The number of nitrogens with one attached hydrogen (secondary N) is 1. The quantitative estimate of drug-likeness (QED) is 0.595. The third kappa shape index (κ3) is 4.89. The summed E-state index contributed by atoms with van der Waals surface area (Å²) in [5, 5.41) is 9.32. The molecule has 2 N–H and O–H groups in total. The molecule has 3 aromatic carbocycles. The number of phenols is 1. The number of para-hydroxylation sites is 1. The van der Waals surface area contributed by atoms with Crippen LogP contribution in [0.3, 0.4) is 0 Å². The molecule has 0 spiro atoms. The summed E-state index contributed by atoms with van der Waals surface area (Å²) in [5.74, 6) is -0.652. The van der Waals surface area contributed by atoms with E-state index in [4.69, 9.17) is 4.74 Å². The van der Waals surface area contributed by atoms with Crippen LogP contribution < -0.4 is 4.72 Å². The van der Waals surface area contributed by atoms with Gasteiger partial charge in [-0.15, -0.1) is 0 Å². The zero-order chi connectivity index (χ0) is 20.0. The minimum absolute atomic E-state index is 0.0300. The van der Waals surface area contributed by atoms with Gasteiger partial charge in [-0.2, -0.15) is 0 Å². The van der Waals surface area contributed by atoms with Crippen molar-refractivity contribution in [2.45, 2.75) is 11.3 Å². The van der Waals surface area contributed by atoms with Crippen molar-refractivity contribution in [3.63, 3.8) is 0 Å². The number of rotatable bonds is 7. The maximum absolute atomic E-state index is 12.5. The summed E-state index contributed by atoms with van der Waals surface area (Å²) >= 11 is 0. The molecule has 28 heavy (non-hydrogen) atoms. The Kier molecular flexibility index (Phi) is 5.96. The fourth-order valence-corrected chi connectivity index (χ4v) is 3.64. The minimum Gasteiger partial charge on any atom is -0.508 e. The van der Waals surface area contributed by atoms with Gasteiger partial charge >= 0.3 is 5.97 Å². The van der Waals surface area contributed by atoms with Crippen molar-refractivity contribution in [1.82, 2.24) is 0 Å². The van der Waals surface area contributed by atoms with Crippen LogP contribution in [0.15, 0.2) is 83.8 Å². The maximum atomic E-state index is 12.5. The van der Waals surface area contributed by atoms with E-state index >= 15 is 0 Å². The number of benzene rings is 3. The second-order valence-corrected chi connectivity index (χ2v) is 7.70. The number of carbonyl (C=O) groups excluding carboxylic acids is 1. The predicted octanol–water partition coefficient (Wildman–Crippen LogP) is 3.59. The highest BCUT2D eigenvalue weighted by molar-refractivity contribution is 7.92. The molecule has 7 heteroatoms. The number of anilines is 1. The van der Waals surface area contributed by atoms with Crippen LogP contribution in [0.5, 0.6) is 5.75 Å². The number of phenolic OH excluding ortho intramolecular Hbond substituents is 1. The first kappa shape index (κ1) is 19.4. The van der Waals surface area contributed by atoms with Gasteiger partial charge < -0.3 is 9.84 Å². The molecule has 6 nitrogen and oxygen atoms in total. The highest BCUT2D eigenvalue weighted by atomic mass is 32.2. The fourth-order valence-electron chi connectivity index (χ4n) is 2.56. The van der Waals surface area contributed by atoms with Crippen molar-refractivity contribution in [2.24, 2.45) is 0 Å². The van der Waals surface area contributed by atoms with Crippen LogP contribution >= 0.6 is 0 Å². The van der Waals surface area contributed by atoms with E-state index in [0.717, 1.165) is 5.56 Å². The van der Waals surface area contributed by atoms with E-state index in [9.17, 15) is 18.3 Å². The molecule has 0 unspecified atom stereocenters. The van der Waals surface area contributed by atoms with E-state index in [1.54, 1.807) is 12.1 Å². The van der Waals surface area contributed by atoms with E-state index in [2.05, 4.69) is 4.72 Å². The lowest BCUT2D eigenvalue weighted by atomic mass is 10.1. The molecule has 0 bridgehead atoms. The highest BCUT2D eigenvalue weighted by Crippen LogP contribution is 2.22. The third-order valence-electron chi connectivity index (χ3n) is 4.01. The third-order valence-corrected chi connectivity index (χ3v) is 5.39.